The molecule has 2 amide bonds. The van der Waals surface area contributed by atoms with Crippen molar-refractivity contribution in [2.24, 2.45) is 5.92 Å². The summed E-state index contributed by atoms with van der Waals surface area (Å²) >= 11 is 0. The van der Waals surface area contributed by atoms with E-state index < -0.39 is 16.1 Å². The van der Waals surface area contributed by atoms with Gasteiger partial charge in [0.15, 0.2) is 0 Å². The molecule has 0 saturated heterocycles. The van der Waals surface area contributed by atoms with Crippen molar-refractivity contribution in [2.75, 3.05) is 26.8 Å². The van der Waals surface area contributed by atoms with Crippen molar-refractivity contribution in [3.8, 4) is 11.1 Å². The largest absolute Gasteiger partial charge is 0.465 e. The summed E-state index contributed by atoms with van der Waals surface area (Å²) in [5.41, 5.74) is 3.17. The molecule has 1 fully saturated rings. The number of carboxylic acid groups (broad SMARTS) is 1. The highest BCUT2D eigenvalue weighted by Gasteiger charge is 2.35. The van der Waals surface area contributed by atoms with Crippen molar-refractivity contribution in [3.05, 3.63) is 42.5 Å². The molecule has 0 unspecified atom stereocenters. The van der Waals surface area contributed by atoms with Gasteiger partial charge in [-0.3, -0.25) is 14.4 Å². The molecule has 2 aromatic carbocycles. The number of hydrogen-bond donors (Lipinski definition) is 2. The fraction of sp³-hybridized carbons (Fsp3) is 0.462. The summed E-state index contributed by atoms with van der Waals surface area (Å²) in [6, 6.07) is 12.2. The Morgan fingerprint density at radius 1 is 1.00 bits per heavy atom. The molecule has 1 atom stereocenters. The first-order valence-electron chi connectivity index (χ1n) is 12.3. The molecular formula is C26H33N3O5S. The summed E-state index contributed by atoms with van der Waals surface area (Å²) in [6.45, 7) is 3.67. The van der Waals surface area contributed by atoms with Gasteiger partial charge < -0.3 is 10.0 Å². The first-order valence-corrected chi connectivity index (χ1v) is 13.9. The van der Waals surface area contributed by atoms with E-state index in [9.17, 15) is 23.1 Å². The molecule has 0 radical (unpaired) electrons. The average molecular weight is 500 g/mol. The van der Waals surface area contributed by atoms with Gasteiger partial charge in [0.05, 0.1) is 23.2 Å². The molecule has 35 heavy (non-hydrogen) atoms. The summed E-state index contributed by atoms with van der Waals surface area (Å²) in [6.07, 6.45) is 5.15. The number of nitrogens with one attached hydrogen (secondary N) is 1. The van der Waals surface area contributed by atoms with Crippen LogP contribution in [0.15, 0.2) is 42.5 Å². The number of benzene rings is 2. The Morgan fingerprint density at radius 3 is 2.29 bits per heavy atom. The smallest absolute Gasteiger partial charge is 0.411 e. The minimum atomic E-state index is -3.37. The number of rotatable bonds is 6. The number of carbonyl (C=O) groups excluding carboxylic acids is 1. The van der Waals surface area contributed by atoms with E-state index in [0.717, 1.165) is 24.0 Å². The van der Waals surface area contributed by atoms with E-state index in [2.05, 4.69) is 4.72 Å². The van der Waals surface area contributed by atoms with Crippen molar-refractivity contribution >= 4 is 39.1 Å². The van der Waals surface area contributed by atoms with Gasteiger partial charge in [0.1, 0.15) is 0 Å². The summed E-state index contributed by atoms with van der Waals surface area (Å²) in [5.74, 6) is 0.433. The number of carbonyl (C=O) groups is 2. The Morgan fingerprint density at radius 2 is 1.66 bits per heavy atom. The number of sulfonamides is 1. The molecule has 0 spiro atoms. The van der Waals surface area contributed by atoms with Gasteiger partial charge in [0.2, 0.25) is 15.9 Å². The van der Waals surface area contributed by atoms with Gasteiger partial charge in [-0.15, -0.1) is 0 Å². The number of hydrogen-bond acceptors (Lipinski definition) is 4. The molecular weight excluding hydrogens is 466 g/mol. The SMILES string of the molecule is CCS(=O)(=O)Nc1ccc(-c2ccc3c(c2)N(C(=O)O)C[C@H](C)N3C(=O)CC2CCCCC2)cc1. The summed E-state index contributed by atoms with van der Waals surface area (Å²) in [5, 5.41) is 9.88. The Bertz CT molecular complexity index is 1190. The first kappa shape index (κ1) is 25.0. The van der Waals surface area contributed by atoms with E-state index >= 15 is 0 Å². The lowest BCUT2D eigenvalue weighted by Crippen LogP contribution is -2.52. The lowest BCUT2D eigenvalue weighted by Gasteiger charge is -2.41. The van der Waals surface area contributed by atoms with Crippen LogP contribution < -0.4 is 14.5 Å². The quantitative estimate of drug-likeness (QED) is 0.560. The number of nitrogens with zero attached hydrogens (tertiary/aromatic N) is 2. The zero-order chi connectivity index (χ0) is 25.2. The highest BCUT2D eigenvalue weighted by atomic mass is 32.2. The van der Waals surface area contributed by atoms with Crippen LogP contribution in [0, 0.1) is 5.92 Å². The maximum atomic E-state index is 13.4. The number of anilines is 3. The van der Waals surface area contributed by atoms with E-state index in [1.807, 2.05) is 19.1 Å². The normalized spacial score (nSPS) is 18.7. The van der Waals surface area contributed by atoms with Gasteiger partial charge >= 0.3 is 6.09 Å². The van der Waals surface area contributed by atoms with Crippen molar-refractivity contribution in [2.45, 2.75) is 58.4 Å². The van der Waals surface area contributed by atoms with Crippen LogP contribution in [0.2, 0.25) is 0 Å². The zero-order valence-electron chi connectivity index (χ0n) is 20.2. The minimum absolute atomic E-state index is 0.0149. The van der Waals surface area contributed by atoms with Gasteiger partial charge in [-0.05, 0) is 68.0 Å². The van der Waals surface area contributed by atoms with Gasteiger partial charge in [0, 0.05) is 18.7 Å². The van der Waals surface area contributed by atoms with E-state index in [4.69, 9.17) is 0 Å². The third kappa shape index (κ3) is 5.61. The molecule has 0 bridgehead atoms. The Labute approximate surface area is 207 Å². The van der Waals surface area contributed by atoms with Crippen LogP contribution >= 0.6 is 0 Å². The highest BCUT2D eigenvalue weighted by molar-refractivity contribution is 7.92. The Balaban J connectivity index is 1.63. The maximum Gasteiger partial charge on any atom is 0.411 e. The lowest BCUT2D eigenvalue weighted by molar-refractivity contribution is -0.120. The van der Waals surface area contributed by atoms with E-state index in [1.165, 1.54) is 24.2 Å². The molecule has 9 heteroatoms. The predicted octanol–water partition coefficient (Wildman–Crippen LogP) is 5.31. The topological polar surface area (TPSA) is 107 Å². The monoisotopic (exact) mass is 499 g/mol. The third-order valence-electron chi connectivity index (χ3n) is 6.97. The second kappa shape index (κ2) is 10.3. The van der Waals surface area contributed by atoms with Crippen molar-refractivity contribution in [1.29, 1.82) is 0 Å². The highest BCUT2D eigenvalue weighted by Crippen LogP contribution is 2.40. The summed E-state index contributed by atoms with van der Waals surface area (Å²) < 4.78 is 26.2. The molecule has 4 rings (SSSR count). The van der Waals surface area contributed by atoms with Crippen LogP contribution in [-0.2, 0) is 14.8 Å². The van der Waals surface area contributed by atoms with E-state index in [0.29, 0.717) is 29.4 Å². The van der Waals surface area contributed by atoms with Crippen LogP contribution in [0.25, 0.3) is 11.1 Å². The Hall–Kier alpha value is -3.07. The minimum Gasteiger partial charge on any atom is -0.465 e. The van der Waals surface area contributed by atoms with Gasteiger partial charge in [-0.1, -0.05) is 37.5 Å². The molecule has 2 N–H and O–H groups in total. The van der Waals surface area contributed by atoms with Crippen LogP contribution in [0.5, 0.6) is 0 Å². The number of amides is 2. The molecule has 1 heterocycles. The molecule has 2 aliphatic rings. The van der Waals surface area contributed by atoms with Crippen LogP contribution in [0.3, 0.4) is 0 Å². The van der Waals surface area contributed by atoms with E-state index in [-0.39, 0.29) is 24.2 Å². The molecule has 1 aliphatic carbocycles. The van der Waals surface area contributed by atoms with Gasteiger partial charge in [-0.25, -0.2) is 13.2 Å². The summed E-state index contributed by atoms with van der Waals surface area (Å²) in [4.78, 5) is 28.5. The second-order valence-corrected chi connectivity index (χ2v) is 11.5. The molecule has 2 aromatic rings. The standard InChI is InChI=1S/C26H33N3O5S/c1-3-35(33,34)27-22-12-9-20(10-13-22)21-11-14-23-24(16-21)28(26(31)32)17-18(2)29(23)25(30)15-19-7-5-4-6-8-19/h9-14,16,18-19,27H,3-8,15,17H2,1-2H3,(H,31,32)/t18-/m0/s1. The number of fused-ring (bicyclic) bond motifs is 1. The fourth-order valence-corrected chi connectivity index (χ4v) is 5.72. The van der Waals surface area contributed by atoms with Crippen molar-refractivity contribution in [3.63, 3.8) is 0 Å². The molecule has 1 aliphatic heterocycles. The Kier molecular flexibility index (Phi) is 7.35. The van der Waals surface area contributed by atoms with E-state index in [1.54, 1.807) is 42.2 Å². The molecule has 1 saturated carbocycles. The fourth-order valence-electron chi connectivity index (χ4n) is 5.08. The zero-order valence-corrected chi connectivity index (χ0v) is 21.1. The average Bonchev–Trinajstić information content (AvgIpc) is 2.84. The van der Waals surface area contributed by atoms with Crippen LogP contribution in [-0.4, -0.2) is 43.9 Å². The van der Waals surface area contributed by atoms with Gasteiger partial charge in [-0.2, -0.15) is 0 Å². The lowest BCUT2D eigenvalue weighted by atomic mass is 9.86. The van der Waals surface area contributed by atoms with Crippen molar-refractivity contribution in [1.82, 2.24) is 0 Å². The van der Waals surface area contributed by atoms with Crippen LogP contribution in [0.1, 0.15) is 52.4 Å². The van der Waals surface area contributed by atoms with Crippen molar-refractivity contribution < 1.29 is 23.1 Å². The molecule has 8 nitrogen and oxygen atoms in total. The first-order chi connectivity index (χ1) is 16.7. The van der Waals surface area contributed by atoms with Crippen LogP contribution in [0.4, 0.5) is 21.9 Å². The summed E-state index contributed by atoms with van der Waals surface area (Å²) in [7, 11) is -3.37. The van der Waals surface area contributed by atoms with Gasteiger partial charge in [0.25, 0.3) is 0 Å². The molecule has 188 valence electrons. The molecule has 0 aromatic heterocycles. The second-order valence-electron chi connectivity index (χ2n) is 9.50. The maximum absolute atomic E-state index is 13.4. The third-order valence-corrected chi connectivity index (χ3v) is 8.28. The predicted molar refractivity (Wildman–Crippen MR) is 138 cm³/mol.